The van der Waals surface area contributed by atoms with Crippen LogP contribution < -0.4 is 11.5 Å². The minimum Gasteiger partial charge on any atom is -0.507 e. The molecule has 2 heterocycles. The Morgan fingerprint density at radius 1 is 1.42 bits per heavy atom. The quantitative estimate of drug-likeness (QED) is 0.619. The van der Waals surface area contributed by atoms with Gasteiger partial charge < -0.3 is 26.5 Å². The summed E-state index contributed by atoms with van der Waals surface area (Å²) in [4.78, 5) is 16.7. The topological polar surface area (TPSA) is 108 Å². The van der Waals surface area contributed by atoms with Crippen molar-refractivity contribution in [3.05, 3.63) is 59.8 Å². The number of aromatic amines is 1. The number of phenols is 1. The van der Waals surface area contributed by atoms with E-state index < -0.39 is 0 Å². The number of rotatable bonds is 5. The molecule has 3 rings (SSSR count). The van der Waals surface area contributed by atoms with Crippen LogP contribution in [0.4, 0.5) is 5.82 Å². The number of aromatic nitrogens is 1. The Kier molecular flexibility index (Phi) is 5.02. The maximum atomic E-state index is 11.7. The number of H-pyrrole nitrogens is 1. The molecule has 0 bridgehead atoms. The molecule has 0 radical (unpaired) electrons. The number of nitrogens with two attached hydrogens (primary N) is 2. The molecule has 1 aliphatic heterocycles. The molecular formula is C20H24N4O2. The number of phenolic OH excluding ortho intramolecular Hbond substituents is 1. The van der Waals surface area contributed by atoms with Crippen molar-refractivity contribution in [2.24, 2.45) is 11.7 Å². The van der Waals surface area contributed by atoms with Crippen molar-refractivity contribution in [1.82, 2.24) is 9.88 Å². The van der Waals surface area contributed by atoms with Crippen LogP contribution in [0, 0.1) is 5.92 Å². The summed E-state index contributed by atoms with van der Waals surface area (Å²) in [5.74, 6) is 1.05. The van der Waals surface area contributed by atoms with E-state index in [0.717, 1.165) is 37.2 Å². The van der Waals surface area contributed by atoms with Crippen LogP contribution in [0.2, 0.25) is 0 Å². The molecule has 2 aromatic rings. The second kappa shape index (κ2) is 7.39. The summed E-state index contributed by atoms with van der Waals surface area (Å²) in [5.41, 5.74) is 15.0. The number of hydrogen-bond donors (Lipinski definition) is 4. The number of nitrogens with one attached hydrogen (secondary N) is 1. The first-order valence-electron chi connectivity index (χ1n) is 8.62. The fraction of sp³-hybridized carbons (Fsp3) is 0.250. The molecule has 26 heavy (non-hydrogen) atoms. The Morgan fingerprint density at radius 3 is 2.92 bits per heavy atom. The van der Waals surface area contributed by atoms with Crippen molar-refractivity contribution in [2.75, 3.05) is 18.8 Å². The molecule has 0 saturated carbocycles. The lowest BCUT2D eigenvalue weighted by atomic mass is 10.0. The Hall–Kier alpha value is -3.15. The predicted molar refractivity (Wildman–Crippen MR) is 104 cm³/mol. The van der Waals surface area contributed by atoms with Gasteiger partial charge in [0, 0.05) is 35.6 Å². The van der Waals surface area contributed by atoms with Gasteiger partial charge in [-0.05, 0) is 49.1 Å². The van der Waals surface area contributed by atoms with Gasteiger partial charge in [0.2, 0.25) is 5.91 Å². The van der Waals surface area contributed by atoms with Crippen LogP contribution in [0.5, 0.6) is 5.75 Å². The zero-order chi connectivity index (χ0) is 18.7. The molecule has 0 unspecified atom stereocenters. The Balaban J connectivity index is 1.72. The molecule has 1 aliphatic rings. The third-order valence-electron chi connectivity index (χ3n) is 4.74. The number of aromatic hydroxyl groups is 1. The smallest absolute Gasteiger partial charge is 0.245 e. The molecule has 1 aromatic heterocycles. The lowest BCUT2D eigenvalue weighted by Crippen LogP contribution is -2.26. The van der Waals surface area contributed by atoms with Gasteiger partial charge in [0.25, 0.3) is 0 Å². The van der Waals surface area contributed by atoms with Gasteiger partial charge >= 0.3 is 0 Å². The molecule has 1 amide bonds. The third-order valence-corrected chi connectivity index (χ3v) is 4.74. The van der Waals surface area contributed by atoms with Gasteiger partial charge in [-0.1, -0.05) is 18.7 Å². The second-order valence-electron chi connectivity index (χ2n) is 6.63. The van der Waals surface area contributed by atoms with Gasteiger partial charge in [-0.25, -0.2) is 0 Å². The monoisotopic (exact) mass is 352 g/mol. The zero-order valence-corrected chi connectivity index (χ0v) is 14.6. The van der Waals surface area contributed by atoms with Gasteiger partial charge in [0.1, 0.15) is 11.6 Å². The standard InChI is InChI=1S/C20H24N4O2/c1-2-19(26)24-8-7-13(12-24)9-15-10-14(20(22)23-15)11-17(21)16-5-3-4-6-18(16)25/h2-6,10-11,13,23,25H,1,7-9,12,21-22H2/b17-11-/t13-/m0/s1. The van der Waals surface area contributed by atoms with E-state index in [-0.39, 0.29) is 11.7 Å². The summed E-state index contributed by atoms with van der Waals surface area (Å²) < 4.78 is 0. The molecule has 6 N–H and O–H groups in total. The lowest BCUT2D eigenvalue weighted by Gasteiger charge is -2.13. The Labute approximate surface area is 152 Å². The number of likely N-dealkylation sites (tertiary alicyclic amines) is 1. The highest BCUT2D eigenvalue weighted by Crippen LogP contribution is 2.27. The fourth-order valence-electron chi connectivity index (χ4n) is 3.38. The van der Waals surface area contributed by atoms with E-state index in [9.17, 15) is 9.90 Å². The van der Waals surface area contributed by atoms with Crippen LogP contribution in [-0.4, -0.2) is 34.0 Å². The van der Waals surface area contributed by atoms with Gasteiger partial charge in [-0.3, -0.25) is 4.79 Å². The molecule has 1 saturated heterocycles. The summed E-state index contributed by atoms with van der Waals surface area (Å²) in [6.45, 7) is 5.03. The van der Waals surface area contributed by atoms with E-state index in [2.05, 4.69) is 11.6 Å². The SMILES string of the molecule is C=CC(=O)N1CC[C@@H](Cc2cc(/C=C(\N)c3ccccc3O)c(N)[nH]2)C1. The van der Waals surface area contributed by atoms with Crippen molar-refractivity contribution < 1.29 is 9.90 Å². The minimum atomic E-state index is -0.0161. The van der Waals surface area contributed by atoms with E-state index in [0.29, 0.717) is 23.0 Å². The van der Waals surface area contributed by atoms with E-state index in [1.165, 1.54) is 6.08 Å². The average molecular weight is 352 g/mol. The number of carbonyl (C=O) groups is 1. The number of nitrogen functional groups attached to an aromatic ring is 1. The highest BCUT2D eigenvalue weighted by atomic mass is 16.3. The van der Waals surface area contributed by atoms with Crippen LogP contribution in [0.25, 0.3) is 11.8 Å². The number of amides is 1. The van der Waals surface area contributed by atoms with E-state index in [4.69, 9.17) is 11.5 Å². The second-order valence-corrected chi connectivity index (χ2v) is 6.63. The number of carbonyl (C=O) groups excluding carboxylic acids is 1. The lowest BCUT2D eigenvalue weighted by molar-refractivity contribution is -0.125. The maximum Gasteiger partial charge on any atom is 0.245 e. The summed E-state index contributed by atoms with van der Waals surface area (Å²) in [6, 6.07) is 8.89. The van der Waals surface area contributed by atoms with Crippen LogP contribution in [0.15, 0.2) is 43.0 Å². The fourth-order valence-corrected chi connectivity index (χ4v) is 3.38. The van der Waals surface area contributed by atoms with Crippen LogP contribution >= 0.6 is 0 Å². The highest BCUT2D eigenvalue weighted by molar-refractivity contribution is 5.87. The first kappa shape index (κ1) is 17.7. The molecule has 0 aliphatic carbocycles. The van der Waals surface area contributed by atoms with Gasteiger partial charge in [-0.15, -0.1) is 0 Å². The van der Waals surface area contributed by atoms with Crippen molar-refractivity contribution in [2.45, 2.75) is 12.8 Å². The maximum absolute atomic E-state index is 11.7. The first-order valence-corrected chi connectivity index (χ1v) is 8.62. The number of hydrogen-bond acceptors (Lipinski definition) is 4. The average Bonchev–Trinajstić information content (AvgIpc) is 3.22. The van der Waals surface area contributed by atoms with Crippen LogP contribution in [0.1, 0.15) is 23.2 Å². The molecule has 1 aromatic carbocycles. The highest BCUT2D eigenvalue weighted by Gasteiger charge is 2.25. The summed E-state index contributed by atoms with van der Waals surface area (Å²) in [7, 11) is 0. The van der Waals surface area contributed by atoms with Gasteiger partial charge in [0.05, 0.1) is 0 Å². The van der Waals surface area contributed by atoms with Crippen LogP contribution in [0.3, 0.4) is 0 Å². The molecule has 1 fully saturated rings. The van der Waals surface area contributed by atoms with Crippen molar-refractivity contribution in [1.29, 1.82) is 0 Å². The summed E-state index contributed by atoms with van der Waals surface area (Å²) in [6.07, 6.45) is 4.89. The molecule has 0 spiro atoms. The zero-order valence-electron chi connectivity index (χ0n) is 14.6. The van der Waals surface area contributed by atoms with E-state index in [1.807, 2.05) is 17.0 Å². The van der Waals surface area contributed by atoms with Crippen molar-refractivity contribution >= 4 is 23.5 Å². The number of para-hydroxylation sites is 1. The first-order chi connectivity index (χ1) is 12.5. The van der Waals surface area contributed by atoms with Gasteiger partial charge in [-0.2, -0.15) is 0 Å². The predicted octanol–water partition coefficient (Wildman–Crippen LogP) is 2.34. The molecule has 6 heteroatoms. The number of nitrogens with zero attached hydrogens (tertiary/aromatic N) is 1. The normalized spacial score (nSPS) is 17.5. The van der Waals surface area contributed by atoms with Gasteiger partial charge in [0.15, 0.2) is 0 Å². The van der Waals surface area contributed by atoms with Crippen molar-refractivity contribution in [3.8, 4) is 5.75 Å². The van der Waals surface area contributed by atoms with Crippen LogP contribution in [-0.2, 0) is 11.2 Å². The van der Waals surface area contributed by atoms with Crippen molar-refractivity contribution in [3.63, 3.8) is 0 Å². The molecule has 6 nitrogen and oxygen atoms in total. The van der Waals surface area contributed by atoms with E-state index in [1.54, 1.807) is 24.3 Å². The summed E-state index contributed by atoms with van der Waals surface area (Å²) in [5, 5.41) is 9.91. The summed E-state index contributed by atoms with van der Waals surface area (Å²) >= 11 is 0. The molecular weight excluding hydrogens is 328 g/mol. The third kappa shape index (κ3) is 3.74. The largest absolute Gasteiger partial charge is 0.507 e. The Morgan fingerprint density at radius 2 is 2.19 bits per heavy atom. The number of anilines is 1. The van der Waals surface area contributed by atoms with E-state index >= 15 is 0 Å². The minimum absolute atomic E-state index is 0.0161. The molecule has 1 atom stereocenters. The number of benzene rings is 1. The Bertz CT molecular complexity index is 853. The molecule has 136 valence electrons.